The summed E-state index contributed by atoms with van der Waals surface area (Å²) in [5, 5.41) is 10.2. The Labute approximate surface area is 140 Å². The first-order valence-corrected chi connectivity index (χ1v) is 8.05. The third-order valence-electron chi connectivity index (χ3n) is 4.11. The molecule has 0 atom stereocenters. The third-order valence-corrected chi connectivity index (χ3v) is 4.11. The van der Waals surface area contributed by atoms with Crippen LogP contribution in [0.15, 0.2) is 79.4 Å². The van der Waals surface area contributed by atoms with Crippen LogP contribution in [-0.2, 0) is 6.42 Å². The number of rotatable bonds is 5. The molecule has 0 radical (unpaired) electrons. The van der Waals surface area contributed by atoms with Gasteiger partial charge in [0.25, 0.3) is 0 Å². The van der Waals surface area contributed by atoms with E-state index in [1.807, 2.05) is 12.1 Å². The normalized spacial score (nSPS) is 10.8. The predicted octanol–water partition coefficient (Wildman–Crippen LogP) is 4.08. The Morgan fingerprint density at radius 1 is 0.875 bits per heavy atom. The molecule has 3 aromatic carbocycles. The standard InChI is InChI=1S/C20H18N4/c1-2-4-18-13-16(5-6-17(18)3-1)11-12-22-19-7-9-20(10-8-19)24-15-21-14-23-24/h1-10,13-15,22H,11-12H2. The predicted molar refractivity (Wildman–Crippen MR) is 97.5 cm³/mol. The minimum absolute atomic E-state index is 0.904. The van der Waals surface area contributed by atoms with E-state index < -0.39 is 0 Å². The molecule has 0 saturated heterocycles. The average molecular weight is 314 g/mol. The van der Waals surface area contributed by atoms with Gasteiger partial charge in [-0.15, -0.1) is 0 Å². The summed E-state index contributed by atoms with van der Waals surface area (Å²) in [6, 6.07) is 23.3. The lowest BCUT2D eigenvalue weighted by molar-refractivity contribution is 0.879. The van der Waals surface area contributed by atoms with E-state index in [4.69, 9.17) is 0 Å². The number of hydrogen-bond acceptors (Lipinski definition) is 3. The summed E-state index contributed by atoms with van der Waals surface area (Å²) in [6.07, 6.45) is 4.23. The molecule has 0 saturated carbocycles. The van der Waals surface area contributed by atoms with Crippen LogP contribution in [0.5, 0.6) is 0 Å². The molecule has 1 N–H and O–H groups in total. The van der Waals surface area contributed by atoms with Crippen LogP contribution >= 0.6 is 0 Å². The number of nitrogens with one attached hydrogen (secondary N) is 1. The Bertz CT molecular complexity index is 927. The minimum atomic E-state index is 0.904. The quantitative estimate of drug-likeness (QED) is 0.604. The van der Waals surface area contributed by atoms with E-state index in [0.717, 1.165) is 24.3 Å². The maximum atomic E-state index is 4.13. The molecule has 0 spiro atoms. The van der Waals surface area contributed by atoms with E-state index in [0.29, 0.717) is 0 Å². The van der Waals surface area contributed by atoms with Crippen molar-refractivity contribution in [3.63, 3.8) is 0 Å². The highest BCUT2D eigenvalue weighted by molar-refractivity contribution is 5.83. The molecule has 0 aliphatic heterocycles. The average Bonchev–Trinajstić information content (AvgIpc) is 3.17. The Morgan fingerprint density at radius 2 is 1.71 bits per heavy atom. The highest BCUT2D eigenvalue weighted by atomic mass is 15.3. The van der Waals surface area contributed by atoms with Crippen molar-refractivity contribution in [1.82, 2.24) is 14.8 Å². The van der Waals surface area contributed by atoms with Crippen LogP contribution in [0.4, 0.5) is 5.69 Å². The van der Waals surface area contributed by atoms with Crippen LogP contribution < -0.4 is 5.32 Å². The summed E-state index contributed by atoms with van der Waals surface area (Å²) < 4.78 is 1.75. The van der Waals surface area contributed by atoms with E-state index in [9.17, 15) is 0 Å². The van der Waals surface area contributed by atoms with E-state index in [1.165, 1.54) is 22.7 Å². The largest absolute Gasteiger partial charge is 0.385 e. The van der Waals surface area contributed by atoms with Crippen molar-refractivity contribution in [3.05, 3.63) is 84.9 Å². The maximum absolute atomic E-state index is 4.13. The summed E-state index contributed by atoms with van der Waals surface area (Å²) in [5.41, 5.74) is 3.47. The highest BCUT2D eigenvalue weighted by Crippen LogP contribution is 2.16. The molecule has 0 aliphatic rings. The Kier molecular flexibility index (Phi) is 3.94. The van der Waals surface area contributed by atoms with Gasteiger partial charge in [0.15, 0.2) is 0 Å². The smallest absolute Gasteiger partial charge is 0.138 e. The van der Waals surface area contributed by atoms with Gasteiger partial charge in [-0.1, -0.05) is 42.5 Å². The van der Waals surface area contributed by atoms with Gasteiger partial charge in [-0.05, 0) is 47.0 Å². The van der Waals surface area contributed by atoms with Crippen molar-refractivity contribution in [2.75, 3.05) is 11.9 Å². The summed E-state index contributed by atoms with van der Waals surface area (Å²) in [6.45, 7) is 0.904. The molecule has 118 valence electrons. The Morgan fingerprint density at radius 3 is 2.50 bits per heavy atom. The summed E-state index contributed by atoms with van der Waals surface area (Å²) >= 11 is 0. The molecule has 0 unspecified atom stereocenters. The molecule has 4 nitrogen and oxygen atoms in total. The minimum Gasteiger partial charge on any atom is -0.385 e. The monoisotopic (exact) mass is 314 g/mol. The van der Waals surface area contributed by atoms with Crippen LogP contribution in [0.25, 0.3) is 16.5 Å². The van der Waals surface area contributed by atoms with E-state index >= 15 is 0 Å². The van der Waals surface area contributed by atoms with Gasteiger partial charge in [0.05, 0.1) is 5.69 Å². The summed E-state index contributed by atoms with van der Waals surface area (Å²) in [4.78, 5) is 3.96. The zero-order valence-corrected chi connectivity index (χ0v) is 13.3. The first kappa shape index (κ1) is 14.5. The molecule has 4 heteroatoms. The van der Waals surface area contributed by atoms with Gasteiger partial charge in [0, 0.05) is 12.2 Å². The van der Waals surface area contributed by atoms with Gasteiger partial charge in [-0.25, -0.2) is 9.67 Å². The van der Waals surface area contributed by atoms with Crippen LogP contribution in [0.2, 0.25) is 0 Å². The Hall–Kier alpha value is -3.14. The number of anilines is 1. The van der Waals surface area contributed by atoms with Crippen molar-refractivity contribution in [3.8, 4) is 5.69 Å². The molecule has 0 amide bonds. The lowest BCUT2D eigenvalue weighted by atomic mass is 10.1. The van der Waals surface area contributed by atoms with E-state index in [1.54, 1.807) is 11.0 Å². The first-order chi connectivity index (χ1) is 11.9. The van der Waals surface area contributed by atoms with Crippen molar-refractivity contribution in [1.29, 1.82) is 0 Å². The van der Waals surface area contributed by atoms with Crippen LogP contribution in [0.1, 0.15) is 5.56 Å². The lowest BCUT2D eigenvalue weighted by Gasteiger charge is -2.08. The number of aromatic nitrogens is 3. The molecule has 0 bridgehead atoms. The number of hydrogen-bond donors (Lipinski definition) is 1. The molecular formula is C20H18N4. The summed E-state index contributed by atoms with van der Waals surface area (Å²) in [7, 11) is 0. The third kappa shape index (κ3) is 3.13. The van der Waals surface area contributed by atoms with E-state index in [2.05, 4.69) is 70.0 Å². The first-order valence-electron chi connectivity index (χ1n) is 8.05. The van der Waals surface area contributed by atoms with Gasteiger partial charge >= 0.3 is 0 Å². The van der Waals surface area contributed by atoms with Gasteiger partial charge in [-0.3, -0.25) is 0 Å². The molecule has 24 heavy (non-hydrogen) atoms. The fraction of sp³-hybridized carbons (Fsp3) is 0.100. The zero-order valence-electron chi connectivity index (χ0n) is 13.3. The number of nitrogens with zero attached hydrogens (tertiary/aromatic N) is 3. The molecule has 4 rings (SSSR count). The Balaban J connectivity index is 1.38. The van der Waals surface area contributed by atoms with Crippen LogP contribution in [-0.4, -0.2) is 21.3 Å². The fourth-order valence-corrected chi connectivity index (χ4v) is 2.82. The van der Waals surface area contributed by atoms with Gasteiger partial charge in [-0.2, -0.15) is 5.10 Å². The van der Waals surface area contributed by atoms with Crippen LogP contribution in [0.3, 0.4) is 0 Å². The maximum Gasteiger partial charge on any atom is 0.138 e. The molecule has 4 aromatic rings. The second-order valence-corrected chi connectivity index (χ2v) is 5.75. The van der Waals surface area contributed by atoms with Gasteiger partial charge in [0.2, 0.25) is 0 Å². The van der Waals surface area contributed by atoms with Crippen LogP contribution in [0, 0.1) is 0 Å². The van der Waals surface area contributed by atoms with Gasteiger partial charge in [0.1, 0.15) is 12.7 Å². The zero-order chi connectivity index (χ0) is 16.2. The van der Waals surface area contributed by atoms with Gasteiger partial charge < -0.3 is 5.32 Å². The van der Waals surface area contributed by atoms with E-state index in [-0.39, 0.29) is 0 Å². The summed E-state index contributed by atoms with van der Waals surface area (Å²) in [5.74, 6) is 0. The molecule has 1 aromatic heterocycles. The van der Waals surface area contributed by atoms with Crippen molar-refractivity contribution in [2.45, 2.75) is 6.42 Å². The number of fused-ring (bicyclic) bond motifs is 1. The molecular weight excluding hydrogens is 296 g/mol. The fourth-order valence-electron chi connectivity index (χ4n) is 2.82. The SMILES string of the molecule is c1ccc2cc(CCNc3ccc(-n4cncn4)cc3)ccc2c1. The molecule has 0 fully saturated rings. The van der Waals surface area contributed by atoms with Crippen molar-refractivity contribution in [2.24, 2.45) is 0 Å². The highest BCUT2D eigenvalue weighted by Gasteiger charge is 1.99. The van der Waals surface area contributed by atoms with Crippen molar-refractivity contribution >= 4 is 16.5 Å². The topological polar surface area (TPSA) is 42.7 Å². The second kappa shape index (κ2) is 6.54. The molecule has 0 aliphatic carbocycles. The second-order valence-electron chi connectivity index (χ2n) is 5.75. The molecule has 1 heterocycles. The van der Waals surface area contributed by atoms with Crippen molar-refractivity contribution < 1.29 is 0 Å². The number of benzene rings is 3. The lowest BCUT2D eigenvalue weighted by Crippen LogP contribution is -2.05.